The van der Waals surface area contributed by atoms with Crippen LogP contribution in [0.1, 0.15) is 63.5 Å². The fourth-order valence-corrected chi connectivity index (χ4v) is 2.00. The Bertz CT molecular complexity index is 443. The Morgan fingerprint density at radius 3 is 2.70 bits per heavy atom. The van der Waals surface area contributed by atoms with Crippen LogP contribution in [0.2, 0.25) is 0 Å². The third-order valence-corrected chi connectivity index (χ3v) is 3.14. The largest absolute Gasteiger partial charge is 0.103 e. The van der Waals surface area contributed by atoms with Gasteiger partial charge in [0.25, 0.3) is 0 Å². The number of aryl methyl sites for hydroxylation is 1. The second kappa shape index (κ2) is 11.4. The standard InChI is InChI=1S/C20H27/c1-3-5-7-8-9-10-12-15-20-17-13-16-19(18-20)14-11-6-4-2/h5,11,13-14,16-18H,3-4,6-8,12,15H2,1-2H3. The summed E-state index contributed by atoms with van der Waals surface area (Å²) in [5.41, 5.74) is 2.69. The smallest absolute Gasteiger partial charge is 0.0129 e. The van der Waals surface area contributed by atoms with Crippen molar-refractivity contribution in [3.05, 3.63) is 47.9 Å². The normalized spacial score (nSPS) is 10.5. The molecule has 0 amide bonds. The molecule has 0 heteroatoms. The number of hydrogen-bond donors (Lipinski definition) is 0. The van der Waals surface area contributed by atoms with Crippen LogP contribution in [0.4, 0.5) is 0 Å². The molecule has 0 atom stereocenters. The Kier molecular flexibility index (Phi) is 9.41. The van der Waals surface area contributed by atoms with Gasteiger partial charge in [-0.2, -0.15) is 0 Å². The zero-order valence-corrected chi connectivity index (χ0v) is 13.0. The first-order chi connectivity index (χ1) is 9.86. The van der Waals surface area contributed by atoms with Crippen molar-refractivity contribution in [3.63, 3.8) is 0 Å². The van der Waals surface area contributed by atoms with Crippen molar-refractivity contribution in [2.24, 2.45) is 0 Å². The first kappa shape index (κ1) is 16.6. The van der Waals surface area contributed by atoms with Crippen molar-refractivity contribution < 1.29 is 0 Å². The SMILES string of the molecule is CC[CH]CCC#CCCc1cccc(C=CCCC)c1. The summed E-state index contributed by atoms with van der Waals surface area (Å²) >= 11 is 0. The highest BCUT2D eigenvalue weighted by Crippen LogP contribution is 2.10. The maximum absolute atomic E-state index is 3.28. The van der Waals surface area contributed by atoms with Crippen molar-refractivity contribution >= 4 is 6.08 Å². The minimum atomic E-state index is 0.967. The summed E-state index contributed by atoms with van der Waals surface area (Å²) in [5.74, 6) is 6.53. The quantitative estimate of drug-likeness (QED) is 0.410. The van der Waals surface area contributed by atoms with E-state index >= 15 is 0 Å². The van der Waals surface area contributed by atoms with E-state index in [9.17, 15) is 0 Å². The molecule has 20 heavy (non-hydrogen) atoms. The minimum absolute atomic E-state index is 0.967. The molecule has 1 radical (unpaired) electrons. The van der Waals surface area contributed by atoms with Crippen LogP contribution in [0.3, 0.4) is 0 Å². The van der Waals surface area contributed by atoms with Crippen molar-refractivity contribution in [2.75, 3.05) is 0 Å². The van der Waals surface area contributed by atoms with E-state index in [1.54, 1.807) is 0 Å². The molecule has 1 rings (SSSR count). The first-order valence-electron chi connectivity index (χ1n) is 7.89. The number of rotatable bonds is 8. The highest BCUT2D eigenvalue weighted by molar-refractivity contribution is 5.50. The van der Waals surface area contributed by atoms with E-state index in [4.69, 9.17) is 0 Å². The predicted octanol–water partition coefficient (Wildman–Crippen LogP) is 5.83. The van der Waals surface area contributed by atoms with Gasteiger partial charge in [-0.1, -0.05) is 63.1 Å². The van der Waals surface area contributed by atoms with Crippen LogP contribution in [0, 0.1) is 18.3 Å². The van der Waals surface area contributed by atoms with E-state index < -0.39 is 0 Å². The van der Waals surface area contributed by atoms with Gasteiger partial charge < -0.3 is 0 Å². The Hall–Kier alpha value is -1.48. The molecule has 0 aromatic heterocycles. The van der Waals surface area contributed by atoms with Gasteiger partial charge in [0.15, 0.2) is 0 Å². The van der Waals surface area contributed by atoms with Crippen molar-refractivity contribution in [2.45, 2.75) is 58.8 Å². The minimum Gasteiger partial charge on any atom is -0.103 e. The molecule has 0 saturated carbocycles. The van der Waals surface area contributed by atoms with Crippen LogP contribution in [-0.4, -0.2) is 0 Å². The molecular formula is C20H27. The highest BCUT2D eigenvalue weighted by atomic mass is 14.0. The summed E-state index contributed by atoms with van der Waals surface area (Å²) < 4.78 is 0. The highest BCUT2D eigenvalue weighted by Gasteiger charge is 1.93. The monoisotopic (exact) mass is 267 g/mol. The first-order valence-corrected chi connectivity index (χ1v) is 7.89. The van der Waals surface area contributed by atoms with Gasteiger partial charge in [0.2, 0.25) is 0 Å². The zero-order chi connectivity index (χ0) is 14.5. The van der Waals surface area contributed by atoms with E-state index in [0.29, 0.717) is 0 Å². The number of allylic oxidation sites excluding steroid dienone is 1. The molecule has 0 aliphatic carbocycles. The van der Waals surface area contributed by atoms with Gasteiger partial charge in [0, 0.05) is 12.8 Å². The Labute approximate surface area is 125 Å². The summed E-state index contributed by atoms with van der Waals surface area (Å²) in [5, 5.41) is 0. The second-order valence-corrected chi connectivity index (χ2v) is 5.03. The fourth-order valence-electron chi connectivity index (χ4n) is 2.00. The van der Waals surface area contributed by atoms with Crippen LogP contribution in [0.25, 0.3) is 6.08 Å². The fraction of sp³-hybridized carbons (Fsp3) is 0.450. The summed E-state index contributed by atoms with van der Waals surface area (Å²) in [6.45, 7) is 4.38. The number of benzene rings is 1. The molecule has 0 aliphatic heterocycles. The lowest BCUT2D eigenvalue weighted by Gasteiger charge is -2.00. The molecule has 0 spiro atoms. The van der Waals surface area contributed by atoms with Crippen LogP contribution >= 0.6 is 0 Å². The molecule has 107 valence electrons. The van der Waals surface area contributed by atoms with Crippen molar-refractivity contribution in [1.29, 1.82) is 0 Å². The maximum Gasteiger partial charge on any atom is 0.0129 e. The number of unbranched alkanes of at least 4 members (excludes halogenated alkanes) is 4. The lowest BCUT2D eigenvalue weighted by atomic mass is 10.1. The van der Waals surface area contributed by atoms with Crippen LogP contribution in [0.15, 0.2) is 30.3 Å². The third-order valence-electron chi connectivity index (χ3n) is 3.14. The molecule has 0 saturated heterocycles. The van der Waals surface area contributed by atoms with Gasteiger partial charge in [-0.15, -0.1) is 11.8 Å². The molecule has 0 fully saturated rings. The van der Waals surface area contributed by atoms with Gasteiger partial charge >= 0.3 is 0 Å². The summed E-state index contributed by atoms with van der Waals surface area (Å²) in [6.07, 6.45) is 14.4. The van der Waals surface area contributed by atoms with E-state index in [1.807, 2.05) is 0 Å². The molecule has 0 N–H and O–H groups in total. The van der Waals surface area contributed by atoms with Crippen LogP contribution in [-0.2, 0) is 6.42 Å². The molecule has 0 nitrogen and oxygen atoms in total. The Morgan fingerprint density at radius 1 is 1.05 bits per heavy atom. The lowest BCUT2D eigenvalue weighted by Crippen LogP contribution is -1.84. The molecule has 0 bridgehead atoms. The van der Waals surface area contributed by atoms with Crippen molar-refractivity contribution in [1.82, 2.24) is 0 Å². The maximum atomic E-state index is 3.28. The van der Waals surface area contributed by atoms with Gasteiger partial charge in [-0.25, -0.2) is 0 Å². The summed E-state index contributed by atoms with van der Waals surface area (Å²) in [4.78, 5) is 0. The zero-order valence-electron chi connectivity index (χ0n) is 13.0. The lowest BCUT2D eigenvalue weighted by molar-refractivity contribution is 0.913. The Morgan fingerprint density at radius 2 is 1.90 bits per heavy atom. The summed E-state index contributed by atoms with van der Waals surface area (Å²) in [7, 11) is 0. The molecular weight excluding hydrogens is 240 g/mol. The average Bonchev–Trinajstić information content (AvgIpc) is 2.47. The van der Waals surface area contributed by atoms with E-state index in [1.165, 1.54) is 17.5 Å². The predicted molar refractivity (Wildman–Crippen MR) is 90.3 cm³/mol. The average molecular weight is 267 g/mol. The molecule has 0 unspecified atom stereocenters. The van der Waals surface area contributed by atoms with Crippen molar-refractivity contribution in [3.8, 4) is 11.8 Å². The van der Waals surface area contributed by atoms with Crippen LogP contribution in [0.5, 0.6) is 0 Å². The van der Waals surface area contributed by atoms with Gasteiger partial charge in [0.05, 0.1) is 0 Å². The molecule has 1 aromatic rings. The van der Waals surface area contributed by atoms with Gasteiger partial charge in [-0.3, -0.25) is 0 Å². The molecule has 0 aliphatic rings. The third kappa shape index (κ3) is 7.85. The number of hydrogen-bond acceptors (Lipinski definition) is 0. The van der Waals surface area contributed by atoms with E-state index in [2.05, 4.69) is 68.5 Å². The molecule has 1 aromatic carbocycles. The second-order valence-electron chi connectivity index (χ2n) is 5.03. The van der Waals surface area contributed by atoms with Crippen LogP contribution < -0.4 is 0 Å². The molecule has 0 heterocycles. The van der Waals surface area contributed by atoms with Gasteiger partial charge in [0.1, 0.15) is 0 Å². The van der Waals surface area contributed by atoms with E-state index in [-0.39, 0.29) is 0 Å². The van der Waals surface area contributed by atoms with Gasteiger partial charge in [-0.05, 0) is 36.8 Å². The summed E-state index contributed by atoms with van der Waals surface area (Å²) in [6, 6.07) is 8.79. The van der Waals surface area contributed by atoms with E-state index in [0.717, 1.165) is 38.5 Å². The Balaban J connectivity index is 2.34. The topological polar surface area (TPSA) is 0 Å².